The van der Waals surface area contributed by atoms with E-state index in [-0.39, 0.29) is 0 Å². The molecule has 0 radical (unpaired) electrons. The molecule has 1 aromatic heterocycles. The van der Waals surface area contributed by atoms with Crippen LogP contribution in [0, 0.1) is 0 Å². The highest BCUT2D eigenvalue weighted by molar-refractivity contribution is 7.87. The van der Waals surface area contributed by atoms with E-state index in [0.717, 1.165) is 20.8 Å². The standard InChI is InChI=1S/C12H17N3O2S/c1-14(2)18(16,17)13-8-10-9-15(3)12-7-5-4-6-11(10)12/h4-7,9,13H,8H2,1-3H3. The third-order valence-corrected chi connectivity index (χ3v) is 4.38. The van der Waals surface area contributed by atoms with Gasteiger partial charge in [-0.25, -0.2) is 0 Å². The van der Waals surface area contributed by atoms with Crippen LogP contribution in [0.4, 0.5) is 0 Å². The Morgan fingerprint density at radius 1 is 1.28 bits per heavy atom. The van der Waals surface area contributed by atoms with Crippen molar-refractivity contribution in [3.8, 4) is 0 Å². The predicted octanol–water partition coefficient (Wildman–Crippen LogP) is 1.07. The zero-order valence-electron chi connectivity index (χ0n) is 10.7. The fraction of sp³-hybridized carbons (Fsp3) is 0.333. The highest BCUT2D eigenvalue weighted by Gasteiger charge is 2.14. The number of fused-ring (bicyclic) bond motifs is 1. The maximum atomic E-state index is 11.7. The van der Waals surface area contributed by atoms with E-state index in [1.54, 1.807) is 0 Å². The maximum absolute atomic E-state index is 11.7. The largest absolute Gasteiger partial charge is 0.350 e. The first kappa shape index (κ1) is 13.1. The second-order valence-electron chi connectivity index (χ2n) is 4.39. The molecule has 0 saturated carbocycles. The van der Waals surface area contributed by atoms with Gasteiger partial charge in [-0.05, 0) is 11.6 Å². The Balaban J connectivity index is 2.29. The molecule has 0 spiro atoms. The van der Waals surface area contributed by atoms with Crippen molar-refractivity contribution < 1.29 is 8.42 Å². The lowest BCUT2D eigenvalue weighted by Gasteiger charge is -2.11. The lowest BCUT2D eigenvalue weighted by Crippen LogP contribution is -2.35. The van der Waals surface area contributed by atoms with Gasteiger partial charge >= 0.3 is 0 Å². The van der Waals surface area contributed by atoms with Gasteiger partial charge < -0.3 is 4.57 Å². The highest BCUT2D eigenvalue weighted by atomic mass is 32.2. The summed E-state index contributed by atoms with van der Waals surface area (Å²) in [6, 6.07) is 7.93. The first-order chi connectivity index (χ1) is 8.42. The zero-order chi connectivity index (χ0) is 13.3. The molecule has 2 rings (SSSR count). The summed E-state index contributed by atoms with van der Waals surface area (Å²) in [7, 11) is 1.58. The Morgan fingerprint density at radius 2 is 1.94 bits per heavy atom. The third-order valence-electron chi connectivity index (χ3n) is 2.91. The number of para-hydroxylation sites is 1. The van der Waals surface area contributed by atoms with Crippen molar-refractivity contribution in [2.75, 3.05) is 14.1 Å². The summed E-state index contributed by atoms with van der Waals surface area (Å²) in [5, 5.41) is 1.07. The van der Waals surface area contributed by atoms with Gasteiger partial charge in [0, 0.05) is 44.8 Å². The Morgan fingerprint density at radius 3 is 2.61 bits per heavy atom. The summed E-state index contributed by atoms with van der Waals surface area (Å²) < 4.78 is 29.0. The number of nitrogens with zero attached hydrogens (tertiary/aromatic N) is 2. The molecule has 1 N–H and O–H groups in total. The maximum Gasteiger partial charge on any atom is 0.279 e. The molecule has 2 aromatic rings. The van der Waals surface area contributed by atoms with Crippen LogP contribution in [-0.2, 0) is 23.8 Å². The quantitative estimate of drug-likeness (QED) is 0.901. The summed E-state index contributed by atoms with van der Waals surface area (Å²) >= 11 is 0. The first-order valence-electron chi connectivity index (χ1n) is 5.62. The van der Waals surface area contributed by atoms with Gasteiger partial charge in [-0.1, -0.05) is 18.2 Å². The molecule has 18 heavy (non-hydrogen) atoms. The fourth-order valence-electron chi connectivity index (χ4n) is 1.86. The van der Waals surface area contributed by atoms with Crippen molar-refractivity contribution in [1.82, 2.24) is 13.6 Å². The number of hydrogen-bond donors (Lipinski definition) is 1. The van der Waals surface area contributed by atoms with Crippen molar-refractivity contribution in [3.63, 3.8) is 0 Å². The predicted molar refractivity (Wildman–Crippen MR) is 72.4 cm³/mol. The van der Waals surface area contributed by atoms with Crippen molar-refractivity contribution in [1.29, 1.82) is 0 Å². The topological polar surface area (TPSA) is 54.3 Å². The van der Waals surface area contributed by atoms with E-state index < -0.39 is 10.2 Å². The molecule has 0 aliphatic heterocycles. The summed E-state index contributed by atoms with van der Waals surface area (Å²) in [6.45, 7) is 0.294. The van der Waals surface area contributed by atoms with E-state index in [4.69, 9.17) is 0 Å². The molecular formula is C12H17N3O2S. The molecule has 0 saturated heterocycles. The molecule has 0 aliphatic carbocycles. The minimum absolute atomic E-state index is 0.294. The van der Waals surface area contributed by atoms with Gasteiger partial charge in [0.1, 0.15) is 0 Å². The minimum atomic E-state index is -3.38. The number of aromatic nitrogens is 1. The van der Waals surface area contributed by atoms with Crippen molar-refractivity contribution in [2.24, 2.45) is 7.05 Å². The molecule has 0 bridgehead atoms. The number of hydrogen-bond acceptors (Lipinski definition) is 2. The SMILES string of the molecule is CN(C)S(=O)(=O)NCc1cn(C)c2ccccc12. The molecule has 0 aliphatic rings. The molecule has 0 fully saturated rings. The van der Waals surface area contributed by atoms with Crippen molar-refractivity contribution in [3.05, 3.63) is 36.0 Å². The van der Waals surface area contributed by atoms with Gasteiger partial charge in [0.2, 0.25) is 0 Å². The molecule has 6 heteroatoms. The van der Waals surface area contributed by atoms with Crippen LogP contribution >= 0.6 is 0 Å². The monoisotopic (exact) mass is 267 g/mol. The van der Waals surface area contributed by atoms with Crippen LogP contribution in [0.2, 0.25) is 0 Å². The lowest BCUT2D eigenvalue weighted by molar-refractivity contribution is 0.505. The molecule has 1 aromatic carbocycles. The number of rotatable bonds is 4. The highest BCUT2D eigenvalue weighted by Crippen LogP contribution is 2.20. The van der Waals surface area contributed by atoms with Crippen LogP contribution in [0.25, 0.3) is 10.9 Å². The van der Waals surface area contributed by atoms with Crippen LogP contribution in [0.3, 0.4) is 0 Å². The van der Waals surface area contributed by atoms with Crippen LogP contribution in [0.1, 0.15) is 5.56 Å². The molecule has 5 nitrogen and oxygen atoms in total. The van der Waals surface area contributed by atoms with Gasteiger partial charge in [-0.15, -0.1) is 0 Å². The average molecular weight is 267 g/mol. The van der Waals surface area contributed by atoms with Crippen LogP contribution < -0.4 is 4.72 Å². The average Bonchev–Trinajstić information content (AvgIpc) is 2.65. The normalized spacial score (nSPS) is 12.4. The van der Waals surface area contributed by atoms with E-state index in [1.807, 2.05) is 42.1 Å². The van der Waals surface area contributed by atoms with Gasteiger partial charge in [0.05, 0.1) is 0 Å². The van der Waals surface area contributed by atoms with E-state index >= 15 is 0 Å². The van der Waals surface area contributed by atoms with Gasteiger partial charge in [0.15, 0.2) is 0 Å². The Hall–Kier alpha value is -1.37. The van der Waals surface area contributed by atoms with Gasteiger partial charge in [-0.3, -0.25) is 0 Å². The molecule has 0 atom stereocenters. The fourth-order valence-corrected chi connectivity index (χ4v) is 2.46. The molecule has 1 heterocycles. The van der Waals surface area contributed by atoms with Gasteiger partial charge in [-0.2, -0.15) is 17.4 Å². The Labute approximate surface area is 107 Å². The summed E-state index contributed by atoms with van der Waals surface area (Å²) in [5.41, 5.74) is 2.06. The van der Waals surface area contributed by atoms with E-state index in [2.05, 4.69) is 4.72 Å². The Kier molecular flexibility index (Phi) is 3.43. The van der Waals surface area contributed by atoms with Gasteiger partial charge in [0.25, 0.3) is 10.2 Å². The second-order valence-corrected chi connectivity index (χ2v) is 6.36. The number of benzene rings is 1. The van der Waals surface area contributed by atoms with E-state index in [9.17, 15) is 8.42 Å². The zero-order valence-corrected chi connectivity index (χ0v) is 11.5. The van der Waals surface area contributed by atoms with E-state index in [0.29, 0.717) is 6.54 Å². The first-order valence-corrected chi connectivity index (χ1v) is 7.06. The summed E-state index contributed by atoms with van der Waals surface area (Å²) in [6.07, 6.45) is 1.95. The molecular weight excluding hydrogens is 250 g/mol. The number of nitrogens with one attached hydrogen (secondary N) is 1. The smallest absolute Gasteiger partial charge is 0.279 e. The van der Waals surface area contributed by atoms with Crippen molar-refractivity contribution in [2.45, 2.75) is 6.54 Å². The third kappa shape index (κ3) is 2.40. The van der Waals surface area contributed by atoms with Crippen molar-refractivity contribution >= 4 is 21.1 Å². The van der Waals surface area contributed by atoms with E-state index in [1.165, 1.54) is 14.1 Å². The van der Waals surface area contributed by atoms with Crippen LogP contribution in [0.15, 0.2) is 30.5 Å². The summed E-state index contributed by atoms with van der Waals surface area (Å²) in [5.74, 6) is 0. The Bertz CT molecular complexity index is 659. The second kappa shape index (κ2) is 4.72. The van der Waals surface area contributed by atoms with Crippen LogP contribution in [-0.4, -0.2) is 31.4 Å². The number of aryl methyl sites for hydroxylation is 1. The summed E-state index contributed by atoms with van der Waals surface area (Å²) in [4.78, 5) is 0. The lowest BCUT2D eigenvalue weighted by atomic mass is 10.2. The molecule has 0 unspecified atom stereocenters. The molecule has 0 amide bonds. The van der Waals surface area contributed by atoms with Crippen LogP contribution in [0.5, 0.6) is 0 Å². The molecule has 98 valence electrons. The minimum Gasteiger partial charge on any atom is -0.350 e.